The van der Waals surface area contributed by atoms with E-state index in [-0.39, 0.29) is 12.0 Å². The molecule has 0 saturated heterocycles. The van der Waals surface area contributed by atoms with Crippen molar-refractivity contribution in [1.82, 2.24) is 10.3 Å². The Morgan fingerprint density at radius 3 is 2.95 bits per heavy atom. The SMILES string of the molecule is O=C(NCCCc1ccccn1)[C@@H]1CCc2ccccc2O1. The Hall–Kier alpha value is -2.36. The van der Waals surface area contributed by atoms with Crippen LogP contribution in [0.1, 0.15) is 24.1 Å². The number of fused-ring (bicyclic) bond motifs is 1. The highest BCUT2D eigenvalue weighted by Crippen LogP contribution is 2.26. The van der Waals surface area contributed by atoms with Gasteiger partial charge in [0.25, 0.3) is 5.91 Å². The molecule has 2 heterocycles. The number of carbonyl (C=O) groups excluding carboxylic acids is 1. The number of rotatable bonds is 5. The summed E-state index contributed by atoms with van der Waals surface area (Å²) in [6.45, 7) is 0.650. The normalized spacial score (nSPS) is 16.5. The molecule has 1 aliphatic rings. The second kappa shape index (κ2) is 7.07. The number of carbonyl (C=O) groups is 1. The molecule has 0 spiro atoms. The van der Waals surface area contributed by atoms with Gasteiger partial charge < -0.3 is 10.1 Å². The molecule has 0 bridgehead atoms. The summed E-state index contributed by atoms with van der Waals surface area (Å²) >= 11 is 0. The fraction of sp³-hybridized carbons (Fsp3) is 0.333. The molecule has 2 aromatic rings. The Morgan fingerprint density at radius 1 is 1.23 bits per heavy atom. The Labute approximate surface area is 130 Å². The summed E-state index contributed by atoms with van der Waals surface area (Å²) in [5.41, 5.74) is 2.24. The van der Waals surface area contributed by atoms with Gasteiger partial charge in [-0.3, -0.25) is 9.78 Å². The van der Waals surface area contributed by atoms with Gasteiger partial charge in [0.1, 0.15) is 5.75 Å². The molecule has 1 amide bonds. The molecule has 1 aromatic carbocycles. The van der Waals surface area contributed by atoms with Crippen LogP contribution in [0.25, 0.3) is 0 Å². The number of pyridine rings is 1. The van der Waals surface area contributed by atoms with Gasteiger partial charge in [-0.05, 0) is 49.4 Å². The van der Waals surface area contributed by atoms with E-state index in [4.69, 9.17) is 4.74 Å². The number of hydrogen-bond acceptors (Lipinski definition) is 3. The van der Waals surface area contributed by atoms with Gasteiger partial charge >= 0.3 is 0 Å². The summed E-state index contributed by atoms with van der Waals surface area (Å²) in [6, 6.07) is 13.8. The summed E-state index contributed by atoms with van der Waals surface area (Å²) in [7, 11) is 0. The summed E-state index contributed by atoms with van der Waals surface area (Å²) in [6.07, 6.45) is 4.80. The van der Waals surface area contributed by atoms with Gasteiger partial charge in [-0.1, -0.05) is 24.3 Å². The maximum absolute atomic E-state index is 12.2. The van der Waals surface area contributed by atoms with E-state index < -0.39 is 0 Å². The van der Waals surface area contributed by atoms with Crippen LogP contribution >= 0.6 is 0 Å². The highest BCUT2D eigenvalue weighted by Gasteiger charge is 2.25. The third-order valence-corrected chi connectivity index (χ3v) is 3.85. The monoisotopic (exact) mass is 296 g/mol. The molecule has 4 nitrogen and oxygen atoms in total. The fourth-order valence-electron chi connectivity index (χ4n) is 2.65. The average molecular weight is 296 g/mol. The second-order valence-electron chi connectivity index (χ2n) is 5.47. The van der Waals surface area contributed by atoms with E-state index in [2.05, 4.69) is 16.4 Å². The third kappa shape index (κ3) is 3.64. The lowest BCUT2D eigenvalue weighted by Gasteiger charge is -2.25. The number of benzene rings is 1. The number of aromatic nitrogens is 1. The van der Waals surface area contributed by atoms with Gasteiger partial charge in [0, 0.05) is 18.4 Å². The molecule has 4 heteroatoms. The third-order valence-electron chi connectivity index (χ3n) is 3.85. The summed E-state index contributed by atoms with van der Waals surface area (Å²) < 4.78 is 5.78. The number of para-hydroxylation sites is 1. The highest BCUT2D eigenvalue weighted by molar-refractivity contribution is 5.81. The molecule has 0 fully saturated rings. The van der Waals surface area contributed by atoms with Gasteiger partial charge in [0.05, 0.1) is 0 Å². The van der Waals surface area contributed by atoms with Crippen molar-refractivity contribution in [3.8, 4) is 5.75 Å². The quantitative estimate of drug-likeness (QED) is 0.863. The predicted octanol–water partition coefficient (Wildman–Crippen LogP) is 2.52. The maximum atomic E-state index is 12.2. The van der Waals surface area contributed by atoms with Crippen molar-refractivity contribution >= 4 is 5.91 Å². The van der Waals surface area contributed by atoms with Crippen LogP contribution in [0, 0.1) is 0 Å². The molecule has 0 saturated carbocycles. The van der Waals surface area contributed by atoms with E-state index in [0.29, 0.717) is 6.54 Å². The smallest absolute Gasteiger partial charge is 0.261 e. The van der Waals surface area contributed by atoms with Crippen LogP contribution < -0.4 is 10.1 Å². The van der Waals surface area contributed by atoms with Gasteiger partial charge in [-0.2, -0.15) is 0 Å². The number of amides is 1. The molecule has 1 atom stereocenters. The zero-order valence-corrected chi connectivity index (χ0v) is 12.5. The number of ether oxygens (including phenoxy) is 1. The van der Waals surface area contributed by atoms with Gasteiger partial charge in [0.2, 0.25) is 0 Å². The first-order valence-corrected chi connectivity index (χ1v) is 7.75. The summed E-state index contributed by atoms with van der Waals surface area (Å²) in [5, 5.41) is 2.96. The first-order chi connectivity index (χ1) is 10.8. The zero-order chi connectivity index (χ0) is 15.2. The van der Waals surface area contributed by atoms with Crippen LogP contribution in [0.3, 0.4) is 0 Å². The Morgan fingerprint density at radius 2 is 2.09 bits per heavy atom. The maximum Gasteiger partial charge on any atom is 0.261 e. The second-order valence-corrected chi connectivity index (χ2v) is 5.47. The van der Waals surface area contributed by atoms with Crippen molar-refractivity contribution in [3.05, 3.63) is 59.9 Å². The van der Waals surface area contributed by atoms with Crippen molar-refractivity contribution < 1.29 is 9.53 Å². The first kappa shape index (κ1) is 14.6. The molecular formula is C18H20N2O2. The van der Waals surface area contributed by atoms with Crippen molar-refractivity contribution in [2.45, 2.75) is 31.8 Å². The van der Waals surface area contributed by atoms with E-state index in [1.165, 1.54) is 5.56 Å². The fourth-order valence-corrected chi connectivity index (χ4v) is 2.65. The lowest BCUT2D eigenvalue weighted by atomic mass is 10.0. The lowest BCUT2D eigenvalue weighted by Crippen LogP contribution is -2.40. The highest BCUT2D eigenvalue weighted by atomic mass is 16.5. The van der Waals surface area contributed by atoms with Crippen LogP contribution in [0.5, 0.6) is 5.75 Å². The number of nitrogens with one attached hydrogen (secondary N) is 1. The Kier molecular flexibility index (Phi) is 4.68. The number of aryl methyl sites for hydroxylation is 2. The van der Waals surface area contributed by atoms with Crippen LogP contribution in [0.4, 0.5) is 0 Å². The van der Waals surface area contributed by atoms with Crippen LogP contribution in [0.15, 0.2) is 48.7 Å². The van der Waals surface area contributed by atoms with E-state index in [1.807, 2.05) is 36.4 Å². The van der Waals surface area contributed by atoms with Crippen molar-refractivity contribution in [2.75, 3.05) is 6.54 Å². The number of hydrogen-bond donors (Lipinski definition) is 1. The van der Waals surface area contributed by atoms with Crippen LogP contribution in [0.2, 0.25) is 0 Å². The lowest BCUT2D eigenvalue weighted by molar-refractivity contribution is -0.128. The minimum atomic E-state index is -0.371. The molecule has 0 radical (unpaired) electrons. The van der Waals surface area contributed by atoms with Gasteiger partial charge in [-0.25, -0.2) is 0 Å². The molecule has 1 N–H and O–H groups in total. The van der Waals surface area contributed by atoms with Crippen molar-refractivity contribution in [3.63, 3.8) is 0 Å². The minimum Gasteiger partial charge on any atom is -0.480 e. The molecule has 0 unspecified atom stereocenters. The predicted molar refractivity (Wildman–Crippen MR) is 84.7 cm³/mol. The van der Waals surface area contributed by atoms with E-state index >= 15 is 0 Å². The summed E-state index contributed by atoms with van der Waals surface area (Å²) in [4.78, 5) is 16.4. The molecule has 1 aromatic heterocycles. The molecular weight excluding hydrogens is 276 g/mol. The first-order valence-electron chi connectivity index (χ1n) is 7.75. The average Bonchev–Trinajstić information content (AvgIpc) is 2.59. The van der Waals surface area contributed by atoms with Crippen molar-refractivity contribution in [2.24, 2.45) is 0 Å². The zero-order valence-electron chi connectivity index (χ0n) is 12.5. The largest absolute Gasteiger partial charge is 0.480 e. The van der Waals surface area contributed by atoms with E-state index in [0.717, 1.165) is 37.1 Å². The molecule has 0 aliphatic carbocycles. The van der Waals surface area contributed by atoms with Crippen LogP contribution in [-0.2, 0) is 17.6 Å². The Bertz CT molecular complexity index is 628. The van der Waals surface area contributed by atoms with Gasteiger partial charge in [0.15, 0.2) is 6.10 Å². The van der Waals surface area contributed by atoms with E-state index in [9.17, 15) is 4.79 Å². The standard InChI is InChI=1S/C18H20N2O2/c21-18(20-13-5-8-15-7-3-4-12-19-15)17-11-10-14-6-1-2-9-16(14)22-17/h1-4,6-7,9,12,17H,5,8,10-11,13H2,(H,20,21)/t17-/m0/s1. The number of nitrogens with zero attached hydrogens (tertiary/aromatic N) is 1. The molecule has 3 rings (SSSR count). The van der Waals surface area contributed by atoms with E-state index in [1.54, 1.807) is 6.20 Å². The molecule has 114 valence electrons. The molecule has 22 heavy (non-hydrogen) atoms. The van der Waals surface area contributed by atoms with Gasteiger partial charge in [-0.15, -0.1) is 0 Å². The Balaban J connectivity index is 1.43. The topological polar surface area (TPSA) is 51.2 Å². The van der Waals surface area contributed by atoms with Crippen LogP contribution in [-0.4, -0.2) is 23.5 Å². The summed E-state index contributed by atoms with van der Waals surface area (Å²) in [5.74, 6) is 0.818. The molecule has 1 aliphatic heterocycles. The minimum absolute atomic E-state index is 0.0180. The van der Waals surface area contributed by atoms with Crippen molar-refractivity contribution in [1.29, 1.82) is 0 Å².